The second kappa shape index (κ2) is 5.76. The minimum Gasteiger partial charge on any atom is -0.307 e. The molecule has 0 bridgehead atoms. The summed E-state index contributed by atoms with van der Waals surface area (Å²) in [6.45, 7) is 8.21. The standard InChI is InChI=1S/C17H25FN2O/c1-16(2)11-14(12-17(3,4)19-16)20(18)15(21)10-13-8-6-5-7-9-13/h5-9,14,19H,10-12H2,1-4H3. The molecule has 0 spiro atoms. The molecule has 1 aliphatic rings. The maximum absolute atomic E-state index is 14.5. The van der Waals surface area contributed by atoms with Crippen LogP contribution >= 0.6 is 0 Å². The second-order valence-electron chi connectivity index (χ2n) is 7.32. The number of halogens is 1. The molecule has 1 fully saturated rings. The highest BCUT2D eigenvalue weighted by molar-refractivity contribution is 5.78. The second-order valence-corrected chi connectivity index (χ2v) is 7.32. The molecule has 0 aromatic heterocycles. The van der Waals surface area contributed by atoms with Crippen molar-refractivity contribution < 1.29 is 9.28 Å². The Bertz CT molecular complexity index is 483. The zero-order valence-corrected chi connectivity index (χ0v) is 13.3. The van der Waals surface area contributed by atoms with Crippen molar-refractivity contribution in [2.24, 2.45) is 0 Å². The number of carbonyl (C=O) groups is 1. The first kappa shape index (κ1) is 16.0. The van der Waals surface area contributed by atoms with Crippen LogP contribution in [0.3, 0.4) is 0 Å². The molecular formula is C17H25FN2O. The van der Waals surface area contributed by atoms with E-state index in [1.54, 1.807) is 0 Å². The summed E-state index contributed by atoms with van der Waals surface area (Å²) in [5.74, 6) is -0.459. The average molecular weight is 292 g/mol. The van der Waals surface area contributed by atoms with Crippen molar-refractivity contribution in [1.82, 2.24) is 10.4 Å². The van der Waals surface area contributed by atoms with Gasteiger partial charge in [0.1, 0.15) is 0 Å². The van der Waals surface area contributed by atoms with E-state index in [4.69, 9.17) is 0 Å². The first-order valence-electron chi connectivity index (χ1n) is 7.50. The quantitative estimate of drug-likeness (QED) is 0.867. The molecule has 0 saturated carbocycles. The molecule has 0 aliphatic carbocycles. The molecule has 1 N–H and O–H groups in total. The van der Waals surface area contributed by atoms with Gasteiger partial charge in [0.05, 0.1) is 12.5 Å². The van der Waals surface area contributed by atoms with E-state index in [9.17, 15) is 9.28 Å². The zero-order valence-electron chi connectivity index (χ0n) is 13.3. The Balaban J connectivity index is 2.05. The van der Waals surface area contributed by atoms with Gasteiger partial charge in [-0.2, -0.15) is 5.12 Å². The summed E-state index contributed by atoms with van der Waals surface area (Å²) >= 11 is 0. The van der Waals surface area contributed by atoms with Crippen molar-refractivity contribution in [3.8, 4) is 0 Å². The number of nitrogens with one attached hydrogen (secondary N) is 1. The minimum atomic E-state index is -0.459. The number of hydrogen-bond donors (Lipinski definition) is 1. The number of amides is 1. The Labute approximate surface area is 126 Å². The molecule has 116 valence electrons. The first-order valence-corrected chi connectivity index (χ1v) is 7.50. The molecule has 1 heterocycles. The van der Waals surface area contributed by atoms with Crippen LogP contribution in [-0.4, -0.2) is 28.1 Å². The Morgan fingerprint density at radius 1 is 1.19 bits per heavy atom. The molecule has 3 nitrogen and oxygen atoms in total. The summed E-state index contributed by atoms with van der Waals surface area (Å²) < 4.78 is 14.5. The van der Waals surface area contributed by atoms with Crippen LogP contribution in [0.1, 0.15) is 46.1 Å². The molecule has 2 rings (SSSR count). The van der Waals surface area contributed by atoms with Crippen molar-refractivity contribution in [1.29, 1.82) is 0 Å². The van der Waals surface area contributed by atoms with Gasteiger partial charge in [0.2, 0.25) is 0 Å². The number of benzene rings is 1. The summed E-state index contributed by atoms with van der Waals surface area (Å²) in [6, 6.07) is 8.94. The number of carbonyl (C=O) groups excluding carboxylic acids is 1. The monoisotopic (exact) mass is 292 g/mol. The molecule has 0 unspecified atom stereocenters. The van der Waals surface area contributed by atoms with E-state index in [0.717, 1.165) is 5.56 Å². The van der Waals surface area contributed by atoms with E-state index >= 15 is 0 Å². The van der Waals surface area contributed by atoms with Gasteiger partial charge in [0, 0.05) is 11.1 Å². The molecule has 4 heteroatoms. The predicted octanol–water partition coefficient (Wildman–Crippen LogP) is 3.25. The van der Waals surface area contributed by atoms with Crippen molar-refractivity contribution in [2.75, 3.05) is 0 Å². The third kappa shape index (κ3) is 4.27. The van der Waals surface area contributed by atoms with Gasteiger partial charge in [-0.15, -0.1) is 0 Å². The van der Waals surface area contributed by atoms with E-state index in [1.165, 1.54) is 0 Å². The van der Waals surface area contributed by atoms with E-state index in [-0.39, 0.29) is 23.5 Å². The highest BCUT2D eigenvalue weighted by Crippen LogP contribution is 2.32. The molecule has 1 saturated heterocycles. The van der Waals surface area contributed by atoms with Crippen molar-refractivity contribution in [3.05, 3.63) is 35.9 Å². The van der Waals surface area contributed by atoms with Crippen LogP contribution in [-0.2, 0) is 11.2 Å². The molecule has 1 aromatic carbocycles. The predicted molar refractivity (Wildman–Crippen MR) is 82.4 cm³/mol. The number of rotatable bonds is 3. The smallest absolute Gasteiger partial charge is 0.254 e. The molecular weight excluding hydrogens is 267 g/mol. The number of nitrogens with zero attached hydrogens (tertiary/aromatic N) is 1. The van der Waals surface area contributed by atoms with Crippen LogP contribution in [0.4, 0.5) is 4.48 Å². The SMILES string of the molecule is CC1(C)CC(N(F)C(=O)Cc2ccccc2)CC(C)(C)N1. The summed E-state index contributed by atoms with van der Waals surface area (Å²) in [4.78, 5) is 12.2. The highest BCUT2D eigenvalue weighted by Gasteiger charge is 2.41. The molecule has 0 atom stereocenters. The maximum atomic E-state index is 14.5. The zero-order chi connectivity index (χ0) is 15.7. The lowest BCUT2D eigenvalue weighted by Gasteiger charge is -2.47. The fourth-order valence-corrected chi connectivity index (χ4v) is 3.48. The van der Waals surface area contributed by atoms with E-state index in [0.29, 0.717) is 18.0 Å². The minimum absolute atomic E-state index is 0.113. The van der Waals surface area contributed by atoms with Crippen molar-refractivity contribution in [3.63, 3.8) is 0 Å². The van der Waals surface area contributed by atoms with Crippen LogP contribution in [0.15, 0.2) is 30.3 Å². The summed E-state index contributed by atoms with van der Waals surface area (Å²) in [6.07, 6.45) is 1.35. The van der Waals surface area contributed by atoms with Gasteiger partial charge >= 0.3 is 0 Å². The molecule has 1 aromatic rings. The first-order chi connectivity index (χ1) is 9.69. The van der Waals surface area contributed by atoms with Crippen LogP contribution < -0.4 is 5.32 Å². The third-order valence-electron chi connectivity index (χ3n) is 3.93. The van der Waals surface area contributed by atoms with Crippen molar-refractivity contribution >= 4 is 5.91 Å². The van der Waals surface area contributed by atoms with Gasteiger partial charge < -0.3 is 5.32 Å². The third-order valence-corrected chi connectivity index (χ3v) is 3.93. The van der Waals surface area contributed by atoms with Gasteiger partial charge in [0.15, 0.2) is 0 Å². The van der Waals surface area contributed by atoms with Gasteiger partial charge in [-0.1, -0.05) is 34.8 Å². The van der Waals surface area contributed by atoms with Crippen LogP contribution in [0, 0.1) is 0 Å². The molecule has 1 aliphatic heterocycles. The van der Waals surface area contributed by atoms with Gasteiger partial charge in [-0.3, -0.25) is 4.79 Å². The molecule has 1 amide bonds. The molecule has 21 heavy (non-hydrogen) atoms. The van der Waals surface area contributed by atoms with Crippen LogP contribution in [0.5, 0.6) is 0 Å². The van der Waals surface area contributed by atoms with Gasteiger partial charge in [-0.25, -0.2) is 0 Å². The van der Waals surface area contributed by atoms with Crippen molar-refractivity contribution in [2.45, 2.75) is 64.1 Å². The van der Waals surface area contributed by atoms with E-state index in [1.807, 2.05) is 30.3 Å². The summed E-state index contributed by atoms with van der Waals surface area (Å²) in [7, 11) is 0. The number of hydrogen-bond acceptors (Lipinski definition) is 2. The fraction of sp³-hybridized carbons (Fsp3) is 0.588. The highest BCUT2D eigenvalue weighted by atomic mass is 19.2. The number of piperidine rings is 1. The maximum Gasteiger partial charge on any atom is 0.254 e. The van der Waals surface area contributed by atoms with Crippen LogP contribution in [0.25, 0.3) is 0 Å². The molecule has 0 radical (unpaired) electrons. The van der Waals surface area contributed by atoms with E-state index < -0.39 is 5.91 Å². The lowest BCUT2D eigenvalue weighted by molar-refractivity contribution is -0.155. The normalized spacial score (nSPS) is 21.0. The fourth-order valence-electron chi connectivity index (χ4n) is 3.48. The summed E-state index contributed by atoms with van der Waals surface area (Å²) in [5.41, 5.74) is 0.491. The lowest BCUT2D eigenvalue weighted by atomic mass is 9.79. The van der Waals surface area contributed by atoms with Gasteiger partial charge in [-0.05, 0) is 46.1 Å². The van der Waals surface area contributed by atoms with Gasteiger partial charge in [0.25, 0.3) is 5.91 Å². The Morgan fingerprint density at radius 3 is 2.24 bits per heavy atom. The Kier molecular flexibility index (Phi) is 4.38. The lowest BCUT2D eigenvalue weighted by Crippen LogP contribution is -2.61. The average Bonchev–Trinajstić information content (AvgIpc) is 2.35. The Morgan fingerprint density at radius 2 is 1.71 bits per heavy atom. The largest absolute Gasteiger partial charge is 0.307 e. The summed E-state index contributed by atoms with van der Waals surface area (Å²) in [5, 5.41) is 3.96. The topological polar surface area (TPSA) is 32.3 Å². The van der Waals surface area contributed by atoms with E-state index in [2.05, 4.69) is 33.0 Å². The van der Waals surface area contributed by atoms with Crippen LogP contribution in [0.2, 0.25) is 0 Å². The Hall–Kier alpha value is -1.42.